The Morgan fingerprint density at radius 1 is 1.33 bits per heavy atom. The number of carboxylic acids is 1. The number of aliphatic carboxylic acids is 1. The predicted molar refractivity (Wildman–Crippen MR) is 60.6 cm³/mol. The third kappa shape index (κ3) is 4.57. The molecule has 0 saturated carbocycles. The molecular weight excluding hydrogens is 240 g/mol. The maximum Gasteiger partial charge on any atom is 0.317 e. The Morgan fingerprint density at radius 2 is 2.06 bits per heavy atom. The standard InChI is InChI=1S/C12H16O6/c1-2-17-11(15)7-12(16)18-9-5-3-4-8(9)6-10(13)14/h3,5,8-9H,2,4,6-7H2,1H3,(H,13,14)/t8-,9-/m1/s1. The van der Waals surface area contributed by atoms with Gasteiger partial charge in [-0.1, -0.05) is 6.08 Å². The van der Waals surface area contributed by atoms with Gasteiger partial charge < -0.3 is 14.6 Å². The van der Waals surface area contributed by atoms with Gasteiger partial charge in [-0.25, -0.2) is 0 Å². The average molecular weight is 256 g/mol. The van der Waals surface area contributed by atoms with Gasteiger partial charge in [-0.05, 0) is 19.4 Å². The maximum absolute atomic E-state index is 11.4. The van der Waals surface area contributed by atoms with E-state index >= 15 is 0 Å². The maximum atomic E-state index is 11.4. The Morgan fingerprint density at radius 3 is 2.67 bits per heavy atom. The van der Waals surface area contributed by atoms with Gasteiger partial charge in [0.15, 0.2) is 0 Å². The van der Waals surface area contributed by atoms with Crippen LogP contribution in [0.5, 0.6) is 0 Å². The second-order valence-electron chi connectivity index (χ2n) is 3.96. The Kier molecular flexibility index (Phi) is 5.35. The number of carbonyl (C=O) groups excluding carboxylic acids is 2. The van der Waals surface area contributed by atoms with Gasteiger partial charge >= 0.3 is 17.9 Å². The number of carbonyl (C=O) groups is 3. The van der Waals surface area contributed by atoms with Crippen molar-refractivity contribution in [3.63, 3.8) is 0 Å². The summed E-state index contributed by atoms with van der Waals surface area (Å²) < 4.78 is 9.67. The summed E-state index contributed by atoms with van der Waals surface area (Å²) in [4.78, 5) is 33.1. The fourth-order valence-corrected chi connectivity index (χ4v) is 1.76. The second-order valence-corrected chi connectivity index (χ2v) is 3.96. The number of hydrogen-bond donors (Lipinski definition) is 1. The molecule has 100 valence electrons. The van der Waals surface area contributed by atoms with E-state index in [1.54, 1.807) is 19.1 Å². The molecule has 0 unspecified atom stereocenters. The van der Waals surface area contributed by atoms with E-state index in [0.29, 0.717) is 6.42 Å². The van der Waals surface area contributed by atoms with Crippen LogP contribution in [0.2, 0.25) is 0 Å². The molecule has 1 aliphatic rings. The van der Waals surface area contributed by atoms with Crippen molar-refractivity contribution in [2.75, 3.05) is 6.61 Å². The molecule has 2 atom stereocenters. The smallest absolute Gasteiger partial charge is 0.317 e. The number of esters is 2. The Balaban J connectivity index is 2.40. The van der Waals surface area contributed by atoms with Gasteiger partial charge in [-0.3, -0.25) is 14.4 Å². The Hall–Kier alpha value is -1.85. The van der Waals surface area contributed by atoms with Crippen molar-refractivity contribution in [2.45, 2.75) is 32.3 Å². The molecule has 1 N–H and O–H groups in total. The molecule has 0 radical (unpaired) electrons. The Bertz CT molecular complexity index is 360. The minimum Gasteiger partial charge on any atom is -0.481 e. The van der Waals surface area contributed by atoms with Crippen molar-refractivity contribution >= 4 is 17.9 Å². The van der Waals surface area contributed by atoms with Crippen LogP contribution in [0.25, 0.3) is 0 Å². The molecule has 0 bridgehead atoms. The van der Waals surface area contributed by atoms with Crippen LogP contribution >= 0.6 is 0 Å². The summed E-state index contributed by atoms with van der Waals surface area (Å²) in [6.07, 6.45) is 2.90. The molecular formula is C12H16O6. The van der Waals surface area contributed by atoms with Crippen molar-refractivity contribution < 1.29 is 29.0 Å². The van der Waals surface area contributed by atoms with E-state index in [1.165, 1.54) is 0 Å². The molecule has 6 nitrogen and oxygen atoms in total. The van der Waals surface area contributed by atoms with E-state index in [9.17, 15) is 14.4 Å². The summed E-state index contributed by atoms with van der Waals surface area (Å²) >= 11 is 0. The molecule has 0 aromatic rings. The number of ether oxygens (including phenoxy) is 2. The first-order chi connectivity index (χ1) is 8.52. The lowest BCUT2D eigenvalue weighted by Gasteiger charge is -2.17. The highest BCUT2D eigenvalue weighted by Crippen LogP contribution is 2.25. The summed E-state index contributed by atoms with van der Waals surface area (Å²) in [5.41, 5.74) is 0. The monoisotopic (exact) mass is 256 g/mol. The fraction of sp³-hybridized carbons (Fsp3) is 0.583. The SMILES string of the molecule is CCOC(=O)CC(=O)O[C@@H]1C=CC[C@@H]1CC(=O)O. The van der Waals surface area contributed by atoms with Crippen molar-refractivity contribution in [1.29, 1.82) is 0 Å². The summed E-state index contributed by atoms with van der Waals surface area (Å²) in [5.74, 6) is -2.52. The van der Waals surface area contributed by atoms with Crippen LogP contribution in [-0.2, 0) is 23.9 Å². The molecule has 18 heavy (non-hydrogen) atoms. The summed E-state index contributed by atoms with van der Waals surface area (Å²) in [7, 11) is 0. The highest BCUT2D eigenvalue weighted by Gasteiger charge is 2.28. The molecule has 0 fully saturated rings. The first kappa shape index (κ1) is 14.2. The minimum absolute atomic E-state index is 0.0651. The van der Waals surface area contributed by atoms with Crippen LogP contribution in [0, 0.1) is 5.92 Å². The molecule has 0 aromatic carbocycles. The minimum atomic E-state index is -0.935. The lowest BCUT2D eigenvalue weighted by atomic mass is 10.0. The van der Waals surface area contributed by atoms with Gasteiger partial charge in [0.1, 0.15) is 12.5 Å². The van der Waals surface area contributed by atoms with E-state index in [2.05, 4.69) is 4.74 Å². The lowest BCUT2D eigenvalue weighted by Crippen LogP contribution is -2.25. The fourth-order valence-electron chi connectivity index (χ4n) is 1.76. The zero-order valence-corrected chi connectivity index (χ0v) is 10.1. The molecule has 0 aliphatic heterocycles. The Labute approximate surface area is 105 Å². The highest BCUT2D eigenvalue weighted by atomic mass is 16.6. The van der Waals surface area contributed by atoms with Crippen molar-refractivity contribution in [3.05, 3.63) is 12.2 Å². The van der Waals surface area contributed by atoms with Crippen LogP contribution in [0.1, 0.15) is 26.2 Å². The average Bonchev–Trinajstić information content (AvgIpc) is 2.64. The third-order valence-corrected chi connectivity index (χ3v) is 2.53. The quantitative estimate of drug-likeness (QED) is 0.431. The first-order valence-corrected chi connectivity index (χ1v) is 5.76. The van der Waals surface area contributed by atoms with Gasteiger partial charge in [-0.2, -0.15) is 0 Å². The van der Waals surface area contributed by atoms with E-state index in [1.807, 2.05) is 0 Å². The van der Waals surface area contributed by atoms with Crippen LogP contribution in [-0.4, -0.2) is 35.7 Å². The van der Waals surface area contributed by atoms with Gasteiger partial charge in [-0.15, -0.1) is 0 Å². The van der Waals surface area contributed by atoms with Crippen LogP contribution < -0.4 is 0 Å². The zero-order chi connectivity index (χ0) is 13.5. The predicted octanol–water partition coefficient (Wildman–Crippen LogP) is 0.902. The van der Waals surface area contributed by atoms with Gasteiger partial charge in [0, 0.05) is 5.92 Å². The largest absolute Gasteiger partial charge is 0.481 e. The molecule has 0 amide bonds. The summed E-state index contributed by atoms with van der Waals surface area (Å²) in [5, 5.41) is 8.70. The highest BCUT2D eigenvalue weighted by molar-refractivity contribution is 5.91. The van der Waals surface area contributed by atoms with Gasteiger partial charge in [0.2, 0.25) is 0 Å². The molecule has 1 rings (SSSR count). The number of carboxylic acid groups (broad SMARTS) is 1. The van der Waals surface area contributed by atoms with Crippen molar-refractivity contribution in [1.82, 2.24) is 0 Å². The molecule has 0 saturated heterocycles. The topological polar surface area (TPSA) is 89.9 Å². The van der Waals surface area contributed by atoms with E-state index < -0.39 is 30.4 Å². The van der Waals surface area contributed by atoms with Crippen molar-refractivity contribution in [2.24, 2.45) is 5.92 Å². The number of hydrogen-bond acceptors (Lipinski definition) is 5. The molecule has 6 heteroatoms. The number of allylic oxidation sites excluding steroid dienone is 1. The first-order valence-electron chi connectivity index (χ1n) is 5.76. The van der Waals surface area contributed by atoms with E-state index in [4.69, 9.17) is 9.84 Å². The number of rotatable bonds is 6. The van der Waals surface area contributed by atoms with E-state index in [-0.39, 0.29) is 18.9 Å². The second kappa shape index (κ2) is 6.78. The lowest BCUT2D eigenvalue weighted by molar-refractivity contribution is -0.158. The molecule has 0 aromatic heterocycles. The van der Waals surface area contributed by atoms with Crippen LogP contribution in [0.15, 0.2) is 12.2 Å². The molecule has 0 heterocycles. The summed E-state index contributed by atoms with van der Waals surface area (Å²) in [6, 6.07) is 0. The molecule has 0 spiro atoms. The third-order valence-electron chi connectivity index (χ3n) is 2.53. The van der Waals surface area contributed by atoms with Crippen molar-refractivity contribution in [3.8, 4) is 0 Å². The van der Waals surface area contributed by atoms with Crippen LogP contribution in [0.4, 0.5) is 0 Å². The van der Waals surface area contributed by atoms with Gasteiger partial charge in [0.25, 0.3) is 0 Å². The molecule has 1 aliphatic carbocycles. The van der Waals surface area contributed by atoms with E-state index in [0.717, 1.165) is 0 Å². The normalized spacial score (nSPS) is 21.6. The zero-order valence-electron chi connectivity index (χ0n) is 10.1. The van der Waals surface area contributed by atoms with Crippen LogP contribution in [0.3, 0.4) is 0 Å². The van der Waals surface area contributed by atoms with Gasteiger partial charge in [0.05, 0.1) is 13.0 Å². The summed E-state index contributed by atoms with van der Waals surface area (Å²) in [6.45, 7) is 1.85.